The minimum Gasteiger partial charge on any atom is -0.0914 e. The summed E-state index contributed by atoms with van der Waals surface area (Å²) in [5.41, 5.74) is 11.9. The summed E-state index contributed by atoms with van der Waals surface area (Å²) in [6.07, 6.45) is 16.3. The van der Waals surface area contributed by atoms with Crippen molar-refractivity contribution in [1.82, 2.24) is 0 Å². The van der Waals surface area contributed by atoms with Crippen LogP contribution in [0.5, 0.6) is 0 Å². The van der Waals surface area contributed by atoms with Crippen molar-refractivity contribution in [2.45, 2.75) is 12.8 Å². The maximum absolute atomic E-state index is 4.66. The molecule has 0 amide bonds. The van der Waals surface area contributed by atoms with Gasteiger partial charge in [0.1, 0.15) is 0 Å². The molecule has 210 valence electrons. The number of fused-ring (bicyclic) bond motifs is 4. The third-order valence-electron chi connectivity index (χ3n) is 9.50. The lowest BCUT2D eigenvalue weighted by Crippen LogP contribution is -2.40. The van der Waals surface area contributed by atoms with Crippen LogP contribution in [-0.4, -0.2) is 0 Å². The van der Waals surface area contributed by atoms with Gasteiger partial charge < -0.3 is 0 Å². The van der Waals surface area contributed by atoms with Crippen LogP contribution in [-0.2, 0) is 6.42 Å². The zero-order valence-electron chi connectivity index (χ0n) is 24.8. The summed E-state index contributed by atoms with van der Waals surface area (Å²) in [5.74, 6) is 0.417. The van der Waals surface area contributed by atoms with E-state index in [4.69, 9.17) is 0 Å². The fourth-order valence-electron chi connectivity index (χ4n) is 7.36. The Kier molecular flexibility index (Phi) is 6.69. The molecule has 44 heavy (non-hydrogen) atoms. The summed E-state index contributed by atoms with van der Waals surface area (Å²) in [4.78, 5) is 0. The van der Waals surface area contributed by atoms with Gasteiger partial charge in [0, 0.05) is 11.8 Å². The number of benzene rings is 5. The monoisotopic (exact) mass is 562 g/mol. The second-order valence-corrected chi connectivity index (χ2v) is 12.1. The Bertz CT molecular complexity index is 2180. The Morgan fingerprint density at radius 3 is 2.32 bits per heavy atom. The second kappa shape index (κ2) is 11.1. The zero-order valence-corrected chi connectivity index (χ0v) is 24.8. The van der Waals surface area contributed by atoms with Gasteiger partial charge in [0.2, 0.25) is 0 Å². The number of aryl methyl sites for hydroxylation is 1. The van der Waals surface area contributed by atoms with E-state index in [1.54, 1.807) is 0 Å². The first-order valence-corrected chi connectivity index (χ1v) is 15.7. The molecule has 2 atom stereocenters. The quantitative estimate of drug-likeness (QED) is 0.187. The lowest BCUT2D eigenvalue weighted by molar-refractivity contribution is 0.682. The van der Waals surface area contributed by atoms with E-state index in [0.29, 0.717) is 0 Å². The van der Waals surface area contributed by atoms with Gasteiger partial charge in [0.05, 0.1) is 0 Å². The molecule has 0 heterocycles. The van der Waals surface area contributed by atoms with Crippen molar-refractivity contribution in [1.29, 1.82) is 0 Å². The smallest absolute Gasteiger partial charge is 0.0140 e. The molecule has 0 N–H and O–H groups in total. The van der Waals surface area contributed by atoms with Crippen molar-refractivity contribution in [2.24, 2.45) is 11.8 Å². The molecule has 2 unspecified atom stereocenters. The maximum Gasteiger partial charge on any atom is 0.0140 e. The molecule has 5 aromatic carbocycles. The van der Waals surface area contributed by atoms with Crippen LogP contribution in [0.15, 0.2) is 163 Å². The van der Waals surface area contributed by atoms with Crippen LogP contribution >= 0.6 is 0 Å². The summed E-state index contributed by atoms with van der Waals surface area (Å²) in [6.45, 7) is 4.66. The molecule has 0 nitrogen and oxygen atoms in total. The molecule has 3 aliphatic carbocycles. The van der Waals surface area contributed by atoms with E-state index in [0.717, 1.165) is 18.4 Å². The number of hydrogen-bond donors (Lipinski definition) is 0. The van der Waals surface area contributed by atoms with Crippen LogP contribution in [0.1, 0.15) is 28.7 Å². The molecule has 0 heteroatoms. The molecule has 0 fully saturated rings. The van der Waals surface area contributed by atoms with E-state index in [2.05, 4.69) is 164 Å². The van der Waals surface area contributed by atoms with E-state index >= 15 is 0 Å². The van der Waals surface area contributed by atoms with Crippen LogP contribution in [0.25, 0.3) is 39.6 Å². The minimum atomic E-state index is 0.204. The second-order valence-electron chi connectivity index (χ2n) is 12.1. The lowest BCUT2D eigenvalue weighted by atomic mass is 9.67. The van der Waals surface area contributed by atoms with E-state index in [9.17, 15) is 0 Å². The molecule has 0 saturated heterocycles. The highest BCUT2D eigenvalue weighted by Crippen LogP contribution is 2.45. The predicted octanol–water partition coefficient (Wildman–Crippen LogP) is 9.34. The van der Waals surface area contributed by atoms with Gasteiger partial charge in [0.25, 0.3) is 0 Å². The molecule has 0 aliphatic heterocycles. The SMILES string of the molecule is C=C(/C=C\c1ccccc1)C1=c2ccccc2=C(C2=Cc3ccccc3CC2)C2C=C(c3ccc4ccccc4c3)C=CC12. The van der Waals surface area contributed by atoms with Crippen molar-refractivity contribution in [3.8, 4) is 0 Å². The van der Waals surface area contributed by atoms with Crippen LogP contribution in [0.3, 0.4) is 0 Å². The predicted molar refractivity (Wildman–Crippen MR) is 188 cm³/mol. The summed E-state index contributed by atoms with van der Waals surface area (Å²) in [7, 11) is 0. The Balaban J connectivity index is 1.33. The first-order chi connectivity index (χ1) is 21.7. The van der Waals surface area contributed by atoms with Gasteiger partial charge in [-0.15, -0.1) is 0 Å². The molecule has 0 bridgehead atoms. The normalized spacial score (nSPS) is 18.8. The van der Waals surface area contributed by atoms with E-state index < -0.39 is 0 Å². The average molecular weight is 563 g/mol. The highest BCUT2D eigenvalue weighted by atomic mass is 14.4. The summed E-state index contributed by atoms with van der Waals surface area (Å²) < 4.78 is 0. The third kappa shape index (κ3) is 4.74. The van der Waals surface area contributed by atoms with E-state index in [1.807, 2.05) is 0 Å². The summed E-state index contributed by atoms with van der Waals surface area (Å²) >= 11 is 0. The Morgan fingerprint density at radius 2 is 1.43 bits per heavy atom. The molecule has 0 saturated carbocycles. The van der Waals surface area contributed by atoms with Crippen LogP contribution in [0.4, 0.5) is 0 Å². The lowest BCUT2D eigenvalue weighted by Gasteiger charge is -2.36. The Hall–Kier alpha value is -5.20. The molecular weight excluding hydrogens is 528 g/mol. The van der Waals surface area contributed by atoms with Gasteiger partial charge in [0.15, 0.2) is 0 Å². The van der Waals surface area contributed by atoms with Crippen molar-refractivity contribution in [2.75, 3.05) is 0 Å². The van der Waals surface area contributed by atoms with Gasteiger partial charge in [-0.05, 0) is 90.2 Å². The van der Waals surface area contributed by atoms with Gasteiger partial charge in [-0.2, -0.15) is 0 Å². The largest absolute Gasteiger partial charge is 0.0914 e. The van der Waals surface area contributed by atoms with Gasteiger partial charge in [-0.3, -0.25) is 0 Å². The van der Waals surface area contributed by atoms with Gasteiger partial charge >= 0.3 is 0 Å². The summed E-state index contributed by atoms with van der Waals surface area (Å²) in [5, 5.41) is 5.20. The number of hydrogen-bond acceptors (Lipinski definition) is 0. The standard InChI is InChI=1S/C44H34/c1-30(19-20-31-11-3-2-4-12-31)43-39-17-9-10-18-40(39)44(38-24-22-33-14-6-8-16-35(33)28-38)42-29-37(25-26-41(42)43)36-23-21-32-13-5-7-15-34(32)27-36/h2-21,23,25-29,41-42H,1,22,24H2/b20-19-. The van der Waals surface area contributed by atoms with Crippen molar-refractivity contribution >= 4 is 39.6 Å². The summed E-state index contributed by atoms with van der Waals surface area (Å²) in [6, 6.07) is 43.9. The fourth-order valence-corrected chi connectivity index (χ4v) is 7.36. The highest BCUT2D eigenvalue weighted by Gasteiger charge is 2.34. The molecular formula is C44H34. The van der Waals surface area contributed by atoms with Crippen LogP contribution in [0.2, 0.25) is 0 Å². The number of rotatable bonds is 5. The van der Waals surface area contributed by atoms with Crippen molar-refractivity contribution in [3.05, 3.63) is 196 Å². The topological polar surface area (TPSA) is 0 Å². The van der Waals surface area contributed by atoms with Crippen LogP contribution < -0.4 is 10.4 Å². The van der Waals surface area contributed by atoms with E-state index in [1.165, 1.54) is 65.8 Å². The molecule has 0 spiro atoms. The van der Waals surface area contributed by atoms with Crippen LogP contribution in [0, 0.1) is 11.8 Å². The molecule has 0 aromatic heterocycles. The Labute approximate surface area is 259 Å². The zero-order chi connectivity index (χ0) is 29.5. The molecule has 8 rings (SSSR count). The Morgan fingerprint density at radius 1 is 0.682 bits per heavy atom. The molecule has 0 radical (unpaired) electrons. The van der Waals surface area contributed by atoms with Crippen molar-refractivity contribution < 1.29 is 0 Å². The van der Waals surface area contributed by atoms with E-state index in [-0.39, 0.29) is 11.8 Å². The first kappa shape index (κ1) is 26.4. The van der Waals surface area contributed by atoms with Crippen molar-refractivity contribution in [3.63, 3.8) is 0 Å². The third-order valence-corrected chi connectivity index (χ3v) is 9.50. The first-order valence-electron chi connectivity index (χ1n) is 15.7. The molecule has 3 aliphatic rings. The average Bonchev–Trinajstić information content (AvgIpc) is 3.09. The highest BCUT2D eigenvalue weighted by molar-refractivity contribution is 5.92. The number of allylic oxidation sites excluding steroid dienone is 7. The van der Waals surface area contributed by atoms with Gasteiger partial charge in [-0.1, -0.05) is 158 Å². The fraction of sp³-hybridized carbons (Fsp3) is 0.0909. The minimum absolute atomic E-state index is 0.204. The maximum atomic E-state index is 4.66. The molecule has 5 aromatic rings. The van der Waals surface area contributed by atoms with Gasteiger partial charge in [-0.25, -0.2) is 0 Å².